The number of carbonyl (C=O) groups is 1. The highest BCUT2D eigenvalue weighted by Crippen LogP contribution is 2.22. The largest absolute Gasteiger partial charge is 0.370 e. The molecule has 0 bridgehead atoms. The molecule has 0 spiro atoms. The summed E-state index contributed by atoms with van der Waals surface area (Å²) >= 11 is 0. The molecule has 1 amide bonds. The van der Waals surface area contributed by atoms with Gasteiger partial charge >= 0.3 is 0 Å². The third-order valence-electron chi connectivity index (χ3n) is 4.64. The number of nitrogens with one attached hydrogen (secondary N) is 1. The Bertz CT molecular complexity index is 537. The molecule has 1 N–H and O–H groups in total. The van der Waals surface area contributed by atoms with E-state index >= 15 is 0 Å². The summed E-state index contributed by atoms with van der Waals surface area (Å²) in [6.45, 7) is 7.03. The minimum absolute atomic E-state index is 0.147. The van der Waals surface area contributed by atoms with E-state index in [4.69, 9.17) is 4.74 Å². The van der Waals surface area contributed by atoms with Crippen LogP contribution in [0.3, 0.4) is 0 Å². The molecule has 0 saturated carbocycles. The molecule has 23 heavy (non-hydrogen) atoms. The lowest BCUT2D eigenvalue weighted by Gasteiger charge is -2.37. The van der Waals surface area contributed by atoms with Crippen molar-refractivity contribution in [1.82, 2.24) is 15.1 Å². The van der Waals surface area contributed by atoms with E-state index < -0.39 is 0 Å². The van der Waals surface area contributed by atoms with Crippen LogP contribution in [0.1, 0.15) is 18.6 Å². The zero-order valence-electron chi connectivity index (χ0n) is 13.5. The smallest absolute Gasteiger partial charge is 0.236 e. The van der Waals surface area contributed by atoms with E-state index in [1.807, 2.05) is 4.90 Å². The van der Waals surface area contributed by atoms with Gasteiger partial charge in [0.05, 0.1) is 19.7 Å². The summed E-state index contributed by atoms with van der Waals surface area (Å²) in [5, 5.41) is 3.33. The molecule has 2 fully saturated rings. The quantitative estimate of drug-likeness (QED) is 0.903. The van der Waals surface area contributed by atoms with Crippen molar-refractivity contribution in [1.29, 1.82) is 0 Å². The Labute approximate surface area is 136 Å². The van der Waals surface area contributed by atoms with Crippen LogP contribution in [0.25, 0.3) is 0 Å². The van der Waals surface area contributed by atoms with Gasteiger partial charge in [0.1, 0.15) is 11.9 Å². The maximum absolute atomic E-state index is 13.0. The van der Waals surface area contributed by atoms with Gasteiger partial charge in [0.15, 0.2) is 0 Å². The third kappa shape index (κ3) is 4.07. The molecule has 0 aromatic heterocycles. The van der Waals surface area contributed by atoms with E-state index in [2.05, 4.69) is 17.1 Å². The predicted octanol–water partition coefficient (Wildman–Crippen LogP) is 1.02. The molecule has 2 aliphatic heterocycles. The topological polar surface area (TPSA) is 44.8 Å². The second kappa shape index (κ2) is 7.38. The molecule has 6 heteroatoms. The molecule has 2 heterocycles. The van der Waals surface area contributed by atoms with Gasteiger partial charge in [-0.3, -0.25) is 9.69 Å². The first-order valence-corrected chi connectivity index (χ1v) is 8.23. The number of nitrogens with zero attached hydrogens (tertiary/aromatic N) is 2. The Kier molecular flexibility index (Phi) is 5.25. The molecule has 2 atom stereocenters. The Hall–Kier alpha value is -1.50. The van der Waals surface area contributed by atoms with Gasteiger partial charge in [0.2, 0.25) is 5.91 Å². The van der Waals surface area contributed by atoms with E-state index in [0.717, 1.165) is 25.2 Å². The highest BCUT2D eigenvalue weighted by Gasteiger charge is 2.28. The molecule has 1 unspecified atom stereocenters. The highest BCUT2D eigenvalue weighted by atomic mass is 19.1. The highest BCUT2D eigenvalue weighted by molar-refractivity contribution is 5.78. The number of rotatable bonds is 3. The van der Waals surface area contributed by atoms with Gasteiger partial charge in [0.25, 0.3) is 0 Å². The van der Waals surface area contributed by atoms with E-state index in [1.54, 1.807) is 12.1 Å². The number of halogens is 1. The SMILES string of the molecule is C[C@H]1CNCCN1CC(=O)N1CCOC(c2ccc(F)cc2)C1. The van der Waals surface area contributed by atoms with Gasteiger partial charge in [0, 0.05) is 32.2 Å². The maximum atomic E-state index is 13.0. The Morgan fingerprint density at radius 2 is 2.13 bits per heavy atom. The van der Waals surface area contributed by atoms with Crippen LogP contribution < -0.4 is 5.32 Å². The summed E-state index contributed by atoms with van der Waals surface area (Å²) in [4.78, 5) is 16.7. The number of ether oxygens (including phenoxy) is 1. The van der Waals surface area contributed by atoms with Crippen LogP contribution in [0.5, 0.6) is 0 Å². The van der Waals surface area contributed by atoms with Crippen LogP contribution in [0.15, 0.2) is 24.3 Å². The van der Waals surface area contributed by atoms with E-state index in [9.17, 15) is 9.18 Å². The molecular weight excluding hydrogens is 297 g/mol. The number of hydrogen-bond acceptors (Lipinski definition) is 4. The van der Waals surface area contributed by atoms with E-state index in [0.29, 0.717) is 32.3 Å². The van der Waals surface area contributed by atoms with Crippen LogP contribution in [0, 0.1) is 5.82 Å². The number of amides is 1. The lowest BCUT2D eigenvalue weighted by atomic mass is 10.1. The van der Waals surface area contributed by atoms with Crippen molar-refractivity contribution in [2.24, 2.45) is 0 Å². The van der Waals surface area contributed by atoms with Crippen molar-refractivity contribution in [3.63, 3.8) is 0 Å². The predicted molar refractivity (Wildman–Crippen MR) is 85.6 cm³/mol. The average Bonchev–Trinajstić information content (AvgIpc) is 2.58. The monoisotopic (exact) mass is 321 g/mol. The standard InChI is InChI=1S/C17H24FN3O2/c1-13-10-19-6-7-20(13)12-17(22)21-8-9-23-16(11-21)14-2-4-15(18)5-3-14/h2-5,13,16,19H,6-12H2,1H3/t13-,16?/m0/s1. The molecule has 2 aliphatic rings. The minimum Gasteiger partial charge on any atom is -0.370 e. The molecule has 1 aromatic rings. The number of carbonyl (C=O) groups excluding carboxylic acids is 1. The Morgan fingerprint density at radius 1 is 1.35 bits per heavy atom. The van der Waals surface area contributed by atoms with Crippen LogP contribution in [-0.2, 0) is 9.53 Å². The van der Waals surface area contributed by atoms with Gasteiger partial charge in [-0.15, -0.1) is 0 Å². The first-order valence-electron chi connectivity index (χ1n) is 8.23. The van der Waals surface area contributed by atoms with Gasteiger partial charge in [-0.25, -0.2) is 4.39 Å². The van der Waals surface area contributed by atoms with Crippen LogP contribution >= 0.6 is 0 Å². The normalized spacial score (nSPS) is 26.3. The molecule has 0 aliphatic carbocycles. The fourth-order valence-corrected chi connectivity index (χ4v) is 3.15. The molecule has 2 saturated heterocycles. The number of benzene rings is 1. The van der Waals surface area contributed by atoms with Crippen molar-refractivity contribution >= 4 is 5.91 Å². The average molecular weight is 321 g/mol. The molecule has 1 aromatic carbocycles. The van der Waals surface area contributed by atoms with Crippen molar-refractivity contribution in [2.45, 2.75) is 19.1 Å². The summed E-state index contributed by atoms with van der Waals surface area (Å²) in [6, 6.07) is 6.70. The summed E-state index contributed by atoms with van der Waals surface area (Å²) in [5.74, 6) is -0.112. The molecule has 3 rings (SSSR count). The van der Waals surface area contributed by atoms with Crippen molar-refractivity contribution in [3.05, 3.63) is 35.6 Å². The Balaban J connectivity index is 1.59. The number of hydrogen-bond donors (Lipinski definition) is 1. The second-order valence-corrected chi connectivity index (χ2v) is 6.27. The van der Waals surface area contributed by atoms with E-state index in [-0.39, 0.29) is 17.8 Å². The van der Waals surface area contributed by atoms with Crippen molar-refractivity contribution in [3.8, 4) is 0 Å². The maximum Gasteiger partial charge on any atom is 0.236 e. The summed E-state index contributed by atoms with van der Waals surface area (Å²) in [5.41, 5.74) is 0.916. The number of piperazine rings is 1. The van der Waals surface area contributed by atoms with Crippen molar-refractivity contribution < 1.29 is 13.9 Å². The summed E-state index contributed by atoms with van der Waals surface area (Å²) in [7, 11) is 0. The number of morpholine rings is 1. The lowest BCUT2D eigenvalue weighted by molar-refractivity contribution is -0.140. The first-order chi connectivity index (χ1) is 11.1. The summed E-state index contributed by atoms with van der Waals surface area (Å²) in [6.07, 6.45) is -0.172. The van der Waals surface area contributed by atoms with Crippen molar-refractivity contribution in [2.75, 3.05) is 45.9 Å². The molecule has 0 radical (unpaired) electrons. The van der Waals surface area contributed by atoms with Crippen LogP contribution in [0.4, 0.5) is 4.39 Å². The van der Waals surface area contributed by atoms with Gasteiger partial charge in [-0.2, -0.15) is 0 Å². The lowest BCUT2D eigenvalue weighted by Crippen LogP contribution is -2.54. The van der Waals surface area contributed by atoms with Crippen LogP contribution in [-0.4, -0.2) is 67.6 Å². The fourth-order valence-electron chi connectivity index (χ4n) is 3.15. The zero-order valence-corrected chi connectivity index (χ0v) is 13.5. The second-order valence-electron chi connectivity index (χ2n) is 6.27. The van der Waals surface area contributed by atoms with Gasteiger partial charge in [-0.05, 0) is 24.6 Å². The van der Waals surface area contributed by atoms with E-state index in [1.165, 1.54) is 12.1 Å². The van der Waals surface area contributed by atoms with Gasteiger partial charge in [-0.1, -0.05) is 12.1 Å². The minimum atomic E-state index is -0.259. The molecule has 126 valence electrons. The van der Waals surface area contributed by atoms with Gasteiger partial charge < -0.3 is 15.0 Å². The fraction of sp³-hybridized carbons (Fsp3) is 0.588. The molecular formula is C17H24FN3O2. The zero-order chi connectivity index (χ0) is 16.2. The van der Waals surface area contributed by atoms with Crippen LogP contribution in [0.2, 0.25) is 0 Å². The summed E-state index contributed by atoms with van der Waals surface area (Å²) < 4.78 is 18.8. The first kappa shape index (κ1) is 16.4. The Morgan fingerprint density at radius 3 is 2.87 bits per heavy atom. The molecule has 5 nitrogen and oxygen atoms in total. The third-order valence-corrected chi connectivity index (χ3v) is 4.64.